The van der Waals surface area contributed by atoms with Crippen molar-refractivity contribution in [3.05, 3.63) is 21.4 Å². The van der Waals surface area contributed by atoms with Crippen molar-refractivity contribution in [1.82, 2.24) is 0 Å². The first-order chi connectivity index (χ1) is 7.19. The zero-order chi connectivity index (χ0) is 10.9. The van der Waals surface area contributed by atoms with E-state index in [-0.39, 0.29) is 5.60 Å². The van der Waals surface area contributed by atoms with Crippen LogP contribution >= 0.6 is 11.3 Å². The van der Waals surface area contributed by atoms with Gasteiger partial charge in [-0.3, -0.25) is 0 Å². The lowest BCUT2D eigenvalue weighted by Gasteiger charge is -2.34. The molecule has 0 saturated carbocycles. The van der Waals surface area contributed by atoms with E-state index in [1.165, 1.54) is 16.9 Å². The monoisotopic (exact) mass is 224 g/mol. The summed E-state index contributed by atoms with van der Waals surface area (Å²) in [4.78, 5) is 3.07. The smallest absolute Gasteiger partial charge is 0.0914 e. The average molecular weight is 224 g/mol. The van der Waals surface area contributed by atoms with Gasteiger partial charge in [0.05, 0.1) is 12.2 Å². The van der Waals surface area contributed by atoms with Gasteiger partial charge in [-0.2, -0.15) is 0 Å². The zero-order valence-corrected chi connectivity index (χ0v) is 10.7. The van der Waals surface area contributed by atoms with Crippen molar-refractivity contribution < 1.29 is 4.74 Å². The number of hydrogen-bond donors (Lipinski definition) is 0. The van der Waals surface area contributed by atoms with Crippen LogP contribution in [-0.2, 0) is 23.2 Å². The van der Waals surface area contributed by atoms with E-state index in [0.29, 0.717) is 0 Å². The maximum Gasteiger partial charge on any atom is 0.0914 e. The summed E-state index contributed by atoms with van der Waals surface area (Å²) < 4.78 is 6.00. The van der Waals surface area contributed by atoms with Crippen LogP contribution < -0.4 is 0 Å². The highest BCUT2D eigenvalue weighted by Crippen LogP contribution is 2.40. The van der Waals surface area contributed by atoms with E-state index in [2.05, 4.69) is 26.8 Å². The molecule has 0 amide bonds. The number of thiophene rings is 1. The minimum Gasteiger partial charge on any atom is -0.370 e. The fourth-order valence-electron chi connectivity index (χ4n) is 2.42. The predicted octanol–water partition coefficient (Wildman–Crippen LogP) is 3.90. The summed E-state index contributed by atoms with van der Waals surface area (Å²) in [7, 11) is 0. The minimum absolute atomic E-state index is 0.00769. The Morgan fingerprint density at radius 2 is 2.27 bits per heavy atom. The van der Waals surface area contributed by atoms with E-state index in [9.17, 15) is 0 Å². The molecule has 0 radical (unpaired) electrons. The zero-order valence-electron chi connectivity index (χ0n) is 9.93. The quantitative estimate of drug-likeness (QED) is 0.756. The van der Waals surface area contributed by atoms with Crippen molar-refractivity contribution in [2.45, 2.75) is 52.1 Å². The average Bonchev–Trinajstić information content (AvgIpc) is 2.63. The molecule has 1 atom stereocenters. The fourth-order valence-corrected chi connectivity index (χ4v) is 3.63. The number of aryl methyl sites for hydroxylation is 1. The van der Waals surface area contributed by atoms with Gasteiger partial charge < -0.3 is 4.74 Å². The molecule has 2 heteroatoms. The molecule has 0 bridgehead atoms. The number of hydrogen-bond acceptors (Lipinski definition) is 2. The lowest BCUT2D eigenvalue weighted by atomic mass is 9.88. The molecule has 0 fully saturated rings. The molecule has 1 unspecified atom stereocenters. The van der Waals surface area contributed by atoms with Crippen LogP contribution in [0.2, 0.25) is 0 Å². The first-order valence-corrected chi connectivity index (χ1v) is 6.77. The van der Waals surface area contributed by atoms with Crippen molar-refractivity contribution in [3.8, 4) is 0 Å². The Bertz CT molecular complexity index is 342. The lowest BCUT2D eigenvalue weighted by molar-refractivity contribution is -0.0516. The second-order valence-corrected chi connectivity index (χ2v) is 5.70. The maximum atomic E-state index is 6.00. The number of fused-ring (bicyclic) bond motifs is 1. The highest BCUT2D eigenvalue weighted by molar-refractivity contribution is 7.12. The maximum absolute atomic E-state index is 6.00. The Hall–Kier alpha value is -0.340. The van der Waals surface area contributed by atoms with Crippen molar-refractivity contribution in [1.29, 1.82) is 0 Å². The first kappa shape index (κ1) is 11.2. The van der Waals surface area contributed by atoms with E-state index in [0.717, 1.165) is 25.9 Å². The van der Waals surface area contributed by atoms with Crippen LogP contribution in [0, 0.1) is 0 Å². The van der Waals surface area contributed by atoms with E-state index in [4.69, 9.17) is 4.74 Å². The number of rotatable bonds is 3. The van der Waals surface area contributed by atoms with E-state index < -0.39 is 0 Å². The van der Waals surface area contributed by atoms with Gasteiger partial charge in [-0.15, -0.1) is 11.3 Å². The summed E-state index contributed by atoms with van der Waals surface area (Å²) in [5, 5.41) is 0. The normalized spacial score (nSPS) is 25.3. The van der Waals surface area contributed by atoms with Crippen LogP contribution in [0.1, 0.15) is 48.9 Å². The Balaban J connectivity index is 2.36. The van der Waals surface area contributed by atoms with Gasteiger partial charge in [-0.25, -0.2) is 0 Å². The molecular formula is C13H20OS. The Labute approximate surface area is 96.5 Å². The molecule has 0 N–H and O–H groups in total. The largest absolute Gasteiger partial charge is 0.370 e. The molecule has 1 aliphatic rings. The second-order valence-electron chi connectivity index (χ2n) is 4.48. The molecule has 1 aromatic rings. The highest BCUT2D eigenvalue weighted by atomic mass is 32.1. The molecule has 2 heterocycles. The van der Waals surface area contributed by atoms with Crippen LogP contribution in [0.15, 0.2) is 6.07 Å². The van der Waals surface area contributed by atoms with Crippen LogP contribution in [0.4, 0.5) is 0 Å². The summed E-state index contributed by atoms with van der Waals surface area (Å²) >= 11 is 1.98. The standard InChI is InChI=1S/C13H20OS/c1-4-7-13(3)11-9-10(5-2)15-12(11)6-8-14-13/h9H,4-8H2,1-3H3. The molecule has 1 nitrogen and oxygen atoms in total. The second kappa shape index (κ2) is 4.26. The third-order valence-corrected chi connectivity index (χ3v) is 4.59. The van der Waals surface area contributed by atoms with Crippen molar-refractivity contribution >= 4 is 11.3 Å². The van der Waals surface area contributed by atoms with Gasteiger partial charge in [0, 0.05) is 16.2 Å². The molecule has 0 spiro atoms. The van der Waals surface area contributed by atoms with Crippen LogP contribution in [0.25, 0.3) is 0 Å². The summed E-state index contributed by atoms with van der Waals surface area (Å²) in [5.41, 5.74) is 1.46. The van der Waals surface area contributed by atoms with E-state index >= 15 is 0 Å². The van der Waals surface area contributed by atoms with Crippen LogP contribution in [0.5, 0.6) is 0 Å². The topological polar surface area (TPSA) is 9.23 Å². The number of ether oxygens (including phenoxy) is 1. The van der Waals surface area contributed by atoms with Gasteiger partial charge in [0.1, 0.15) is 0 Å². The summed E-state index contributed by atoms with van der Waals surface area (Å²) in [5.74, 6) is 0. The lowest BCUT2D eigenvalue weighted by Crippen LogP contribution is -2.31. The summed E-state index contributed by atoms with van der Waals surface area (Å²) in [6.07, 6.45) is 4.59. The van der Waals surface area contributed by atoms with Gasteiger partial charge in [0.25, 0.3) is 0 Å². The Kier molecular flexibility index (Phi) is 3.17. The van der Waals surface area contributed by atoms with Gasteiger partial charge >= 0.3 is 0 Å². The van der Waals surface area contributed by atoms with E-state index in [1.807, 2.05) is 11.3 Å². The van der Waals surface area contributed by atoms with Gasteiger partial charge in [0.15, 0.2) is 0 Å². The molecule has 15 heavy (non-hydrogen) atoms. The molecule has 0 saturated heterocycles. The highest BCUT2D eigenvalue weighted by Gasteiger charge is 2.33. The van der Waals surface area contributed by atoms with Crippen molar-refractivity contribution in [2.24, 2.45) is 0 Å². The predicted molar refractivity (Wildman–Crippen MR) is 65.6 cm³/mol. The van der Waals surface area contributed by atoms with Crippen molar-refractivity contribution in [2.75, 3.05) is 6.61 Å². The van der Waals surface area contributed by atoms with Gasteiger partial charge in [0.2, 0.25) is 0 Å². The first-order valence-electron chi connectivity index (χ1n) is 5.95. The summed E-state index contributed by atoms with van der Waals surface area (Å²) in [6.45, 7) is 7.61. The third-order valence-electron chi connectivity index (χ3n) is 3.26. The molecule has 84 valence electrons. The fraction of sp³-hybridized carbons (Fsp3) is 0.692. The Morgan fingerprint density at radius 3 is 2.93 bits per heavy atom. The van der Waals surface area contributed by atoms with Crippen LogP contribution in [-0.4, -0.2) is 6.61 Å². The summed E-state index contributed by atoms with van der Waals surface area (Å²) in [6, 6.07) is 2.37. The van der Waals surface area contributed by atoms with E-state index in [1.54, 1.807) is 4.88 Å². The van der Waals surface area contributed by atoms with Crippen molar-refractivity contribution in [3.63, 3.8) is 0 Å². The Morgan fingerprint density at radius 1 is 1.47 bits per heavy atom. The van der Waals surface area contributed by atoms with Crippen LogP contribution in [0.3, 0.4) is 0 Å². The minimum atomic E-state index is -0.00769. The third kappa shape index (κ3) is 1.98. The van der Waals surface area contributed by atoms with Gasteiger partial charge in [-0.05, 0) is 31.4 Å². The van der Waals surface area contributed by atoms with Gasteiger partial charge in [-0.1, -0.05) is 20.3 Å². The molecule has 2 rings (SSSR count). The molecule has 1 aromatic heterocycles. The molecule has 1 aliphatic heterocycles. The molecule has 0 aliphatic carbocycles. The SMILES string of the molecule is CCCC1(C)OCCc2sc(CC)cc21. The molecule has 0 aromatic carbocycles. The molecular weight excluding hydrogens is 204 g/mol.